The molecular weight excluding hydrogens is 348 g/mol. The van der Waals surface area contributed by atoms with Crippen LogP contribution in [0.4, 0.5) is 0 Å². The fraction of sp³-hybridized carbons (Fsp3) is 0.696. The number of unbranched alkanes of at least 4 members (excludes halogenated alkanes) is 1. The fourth-order valence-electron chi connectivity index (χ4n) is 3.66. The van der Waals surface area contributed by atoms with Gasteiger partial charge < -0.3 is 15.4 Å². The smallest absolute Gasteiger partial charge is 0.191 e. The van der Waals surface area contributed by atoms with E-state index >= 15 is 0 Å². The van der Waals surface area contributed by atoms with Crippen LogP contribution in [0.15, 0.2) is 29.3 Å². The molecule has 5 heteroatoms. The highest BCUT2D eigenvalue weighted by atomic mass is 16.5. The van der Waals surface area contributed by atoms with Gasteiger partial charge in [-0.1, -0.05) is 30.7 Å². The van der Waals surface area contributed by atoms with Gasteiger partial charge in [0.25, 0.3) is 0 Å². The molecule has 1 unspecified atom stereocenters. The molecule has 0 aliphatic carbocycles. The third-order valence-corrected chi connectivity index (χ3v) is 5.40. The van der Waals surface area contributed by atoms with Crippen molar-refractivity contribution < 1.29 is 4.74 Å². The maximum Gasteiger partial charge on any atom is 0.191 e. The highest BCUT2D eigenvalue weighted by molar-refractivity contribution is 5.79. The van der Waals surface area contributed by atoms with Crippen LogP contribution in [0.25, 0.3) is 0 Å². The second-order valence-electron chi connectivity index (χ2n) is 7.61. The van der Waals surface area contributed by atoms with E-state index in [0.29, 0.717) is 12.6 Å². The van der Waals surface area contributed by atoms with E-state index in [1.165, 1.54) is 36.9 Å². The van der Waals surface area contributed by atoms with Crippen molar-refractivity contribution in [2.24, 2.45) is 4.99 Å². The molecule has 1 atom stereocenters. The lowest BCUT2D eigenvalue weighted by atomic mass is 10.0. The second-order valence-corrected chi connectivity index (χ2v) is 7.61. The first kappa shape index (κ1) is 22.7. The van der Waals surface area contributed by atoms with Gasteiger partial charge in [0.05, 0.1) is 6.54 Å². The maximum atomic E-state index is 5.40. The lowest BCUT2D eigenvalue weighted by Crippen LogP contribution is -2.38. The number of guanidine groups is 1. The third-order valence-electron chi connectivity index (χ3n) is 5.40. The maximum absolute atomic E-state index is 5.40. The van der Waals surface area contributed by atoms with E-state index in [2.05, 4.69) is 53.6 Å². The van der Waals surface area contributed by atoms with E-state index in [4.69, 9.17) is 9.73 Å². The number of hydrogen-bond acceptors (Lipinski definition) is 3. The average molecular weight is 389 g/mol. The number of nitrogens with one attached hydrogen (secondary N) is 2. The Bertz CT molecular complexity index is 575. The van der Waals surface area contributed by atoms with Crippen LogP contribution in [0, 0.1) is 0 Å². The number of ether oxygens (including phenoxy) is 1. The lowest BCUT2D eigenvalue weighted by molar-refractivity contribution is 0.143. The second kappa shape index (κ2) is 13.6. The van der Waals surface area contributed by atoms with Gasteiger partial charge in [0.2, 0.25) is 0 Å². The molecule has 28 heavy (non-hydrogen) atoms. The fourth-order valence-corrected chi connectivity index (χ4v) is 3.66. The molecule has 158 valence electrons. The molecule has 1 fully saturated rings. The summed E-state index contributed by atoms with van der Waals surface area (Å²) in [6, 6.07) is 9.45. The number of nitrogens with zero attached hydrogens (tertiary/aromatic N) is 2. The number of piperidine rings is 1. The molecule has 1 saturated heterocycles. The van der Waals surface area contributed by atoms with Gasteiger partial charge >= 0.3 is 0 Å². The van der Waals surface area contributed by atoms with Crippen LogP contribution in [-0.2, 0) is 17.8 Å². The monoisotopic (exact) mass is 388 g/mol. The summed E-state index contributed by atoms with van der Waals surface area (Å²) in [5, 5.41) is 6.81. The van der Waals surface area contributed by atoms with Crippen molar-refractivity contribution >= 4 is 5.96 Å². The molecule has 5 nitrogen and oxygen atoms in total. The minimum atomic E-state index is 0.681. The molecule has 0 saturated carbocycles. The molecule has 1 aromatic carbocycles. The van der Waals surface area contributed by atoms with Gasteiger partial charge in [0.1, 0.15) is 0 Å². The summed E-state index contributed by atoms with van der Waals surface area (Å²) >= 11 is 0. The molecule has 1 aliphatic heterocycles. The van der Waals surface area contributed by atoms with Crippen LogP contribution in [0.2, 0.25) is 0 Å². The Morgan fingerprint density at radius 3 is 2.71 bits per heavy atom. The summed E-state index contributed by atoms with van der Waals surface area (Å²) in [5.41, 5.74) is 2.74. The normalized spacial score (nSPS) is 18.2. The molecule has 1 aromatic rings. The van der Waals surface area contributed by atoms with Gasteiger partial charge in [0, 0.05) is 38.9 Å². The molecule has 2 N–H and O–H groups in total. The number of hydrogen-bond donors (Lipinski definition) is 2. The van der Waals surface area contributed by atoms with E-state index in [-0.39, 0.29) is 0 Å². The highest BCUT2D eigenvalue weighted by Crippen LogP contribution is 2.21. The van der Waals surface area contributed by atoms with Crippen molar-refractivity contribution in [2.45, 2.75) is 72.0 Å². The number of aliphatic imine (C=N–C) groups is 1. The Labute approximate surface area is 171 Å². The zero-order chi connectivity index (χ0) is 20.0. The molecule has 0 aromatic heterocycles. The Balaban J connectivity index is 1.90. The zero-order valence-corrected chi connectivity index (χ0v) is 18.2. The van der Waals surface area contributed by atoms with Gasteiger partial charge in [-0.05, 0) is 64.1 Å². The van der Waals surface area contributed by atoms with Crippen LogP contribution in [0.3, 0.4) is 0 Å². The van der Waals surface area contributed by atoms with E-state index in [1.807, 2.05) is 6.92 Å². The minimum absolute atomic E-state index is 0.681. The van der Waals surface area contributed by atoms with Crippen molar-refractivity contribution in [3.05, 3.63) is 35.4 Å². The van der Waals surface area contributed by atoms with Gasteiger partial charge in [-0.2, -0.15) is 0 Å². The predicted molar refractivity (Wildman–Crippen MR) is 119 cm³/mol. The molecule has 1 aliphatic rings. The van der Waals surface area contributed by atoms with Gasteiger partial charge in [-0.25, -0.2) is 4.99 Å². The van der Waals surface area contributed by atoms with Crippen LogP contribution in [0.5, 0.6) is 0 Å². The first-order valence-corrected chi connectivity index (χ1v) is 11.1. The van der Waals surface area contributed by atoms with Crippen molar-refractivity contribution in [3.8, 4) is 0 Å². The van der Waals surface area contributed by atoms with E-state index in [0.717, 1.165) is 51.6 Å². The van der Waals surface area contributed by atoms with Crippen molar-refractivity contribution in [3.63, 3.8) is 0 Å². The molecule has 0 spiro atoms. The van der Waals surface area contributed by atoms with Crippen LogP contribution in [0.1, 0.15) is 64.0 Å². The van der Waals surface area contributed by atoms with Gasteiger partial charge in [-0.3, -0.25) is 4.90 Å². The van der Waals surface area contributed by atoms with Crippen molar-refractivity contribution in [2.75, 3.05) is 32.8 Å². The Morgan fingerprint density at radius 1 is 1.14 bits per heavy atom. The van der Waals surface area contributed by atoms with Crippen LogP contribution >= 0.6 is 0 Å². The quantitative estimate of drug-likeness (QED) is 0.343. The summed E-state index contributed by atoms with van der Waals surface area (Å²) in [6.07, 6.45) is 6.18. The molecule has 1 heterocycles. The van der Waals surface area contributed by atoms with Crippen LogP contribution < -0.4 is 10.6 Å². The largest absolute Gasteiger partial charge is 0.382 e. The van der Waals surface area contributed by atoms with E-state index < -0.39 is 0 Å². The summed E-state index contributed by atoms with van der Waals surface area (Å²) in [7, 11) is 0. The molecule has 0 radical (unpaired) electrons. The van der Waals surface area contributed by atoms with Gasteiger partial charge in [-0.15, -0.1) is 0 Å². The molecule has 0 amide bonds. The number of likely N-dealkylation sites (tertiary alicyclic amines) is 1. The Kier molecular flexibility index (Phi) is 11.0. The Hall–Kier alpha value is -1.59. The Morgan fingerprint density at radius 2 is 1.96 bits per heavy atom. The van der Waals surface area contributed by atoms with E-state index in [1.54, 1.807) is 0 Å². The highest BCUT2D eigenvalue weighted by Gasteiger charge is 2.19. The topological polar surface area (TPSA) is 48.9 Å². The number of benzene rings is 1. The molecule has 0 bridgehead atoms. The molecule has 2 rings (SSSR count). The van der Waals surface area contributed by atoms with Crippen molar-refractivity contribution in [1.82, 2.24) is 15.5 Å². The standard InChI is InChI=1S/C23H40N4O/c1-4-24-23(25-15-9-11-17-28-5-2)26-18-21-13-6-7-14-22(21)19-27-16-10-8-12-20(27)3/h6-7,13-14,20H,4-5,8-12,15-19H2,1-3H3,(H2,24,25,26). The summed E-state index contributed by atoms with van der Waals surface area (Å²) in [5.74, 6) is 0.903. The predicted octanol–water partition coefficient (Wildman–Crippen LogP) is 3.93. The van der Waals surface area contributed by atoms with Gasteiger partial charge in [0.15, 0.2) is 5.96 Å². The van der Waals surface area contributed by atoms with E-state index in [9.17, 15) is 0 Å². The first-order chi connectivity index (χ1) is 13.7. The SMILES string of the molecule is CCNC(=NCc1ccccc1CN1CCCCC1C)NCCCCOCC. The third kappa shape index (κ3) is 8.19. The number of rotatable bonds is 11. The average Bonchev–Trinajstić information content (AvgIpc) is 2.71. The lowest BCUT2D eigenvalue weighted by Gasteiger charge is -2.33. The van der Waals surface area contributed by atoms with Crippen LogP contribution in [-0.4, -0.2) is 49.7 Å². The first-order valence-electron chi connectivity index (χ1n) is 11.1. The van der Waals surface area contributed by atoms with Crippen molar-refractivity contribution in [1.29, 1.82) is 0 Å². The minimum Gasteiger partial charge on any atom is -0.382 e. The molecular formula is C23H40N4O. The zero-order valence-electron chi connectivity index (χ0n) is 18.2. The summed E-state index contributed by atoms with van der Waals surface area (Å²) in [4.78, 5) is 7.45. The summed E-state index contributed by atoms with van der Waals surface area (Å²) in [6.45, 7) is 12.9. The summed E-state index contributed by atoms with van der Waals surface area (Å²) < 4.78 is 5.40.